The fourth-order valence-electron chi connectivity index (χ4n) is 2.03. The summed E-state index contributed by atoms with van der Waals surface area (Å²) >= 11 is 3.37. The first kappa shape index (κ1) is 16.2. The minimum Gasteiger partial charge on any atom is -0.481 e. The van der Waals surface area contributed by atoms with E-state index in [0.717, 1.165) is 15.9 Å². The fourth-order valence-corrected chi connectivity index (χ4v) is 2.30. The molecule has 1 N–H and O–H groups in total. The number of carbonyl (C=O) groups excluding carboxylic acids is 1. The molecule has 0 unspecified atom stereocenters. The van der Waals surface area contributed by atoms with Crippen molar-refractivity contribution < 1.29 is 14.7 Å². The normalized spacial score (nSPS) is 10.5. The number of aliphatic carboxylic acids is 1. The number of halogens is 1. The molecule has 0 spiro atoms. The Kier molecular flexibility index (Phi) is 4.97. The van der Waals surface area contributed by atoms with Gasteiger partial charge in [0, 0.05) is 18.1 Å². The highest BCUT2D eigenvalue weighted by Crippen LogP contribution is 2.18. The van der Waals surface area contributed by atoms with Gasteiger partial charge in [-0.3, -0.25) is 9.59 Å². The molecule has 1 aromatic carbocycles. The van der Waals surface area contributed by atoms with E-state index < -0.39 is 5.97 Å². The van der Waals surface area contributed by atoms with Gasteiger partial charge in [-0.25, -0.2) is 4.68 Å². The molecule has 0 aliphatic carbocycles. The first-order valence-electron chi connectivity index (χ1n) is 6.68. The van der Waals surface area contributed by atoms with Gasteiger partial charge in [-0.15, -0.1) is 0 Å². The van der Waals surface area contributed by atoms with E-state index in [9.17, 15) is 9.59 Å². The Bertz CT molecular complexity index is 695. The molecule has 1 aromatic heterocycles. The van der Waals surface area contributed by atoms with Gasteiger partial charge in [0.25, 0.3) is 5.91 Å². The Morgan fingerprint density at radius 2 is 1.95 bits per heavy atom. The molecular formula is C15H16BrN3O3. The van der Waals surface area contributed by atoms with Crippen molar-refractivity contribution in [1.29, 1.82) is 0 Å². The third-order valence-corrected chi connectivity index (χ3v) is 3.85. The van der Waals surface area contributed by atoms with Crippen LogP contribution in [-0.2, 0) is 4.79 Å². The van der Waals surface area contributed by atoms with Crippen LogP contribution in [0.5, 0.6) is 0 Å². The maximum absolute atomic E-state index is 12.3. The summed E-state index contributed by atoms with van der Waals surface area (Å²) in [5.74, 6) is -1.16. The van der Waals surface area contributed by atoms with Crippen LogP contribution in [0.15, 0.2) is 34.9 Å². The fraction of sp³-hybridized carbons (Fsp3) is 0.267. The monoisotopic (exact) mass is 365 g/mol. The van der Waals surface area contributed by atoms with Crippen molar-refractivity contribution in [2.75, 3.05) is 13.6 Å². The summed E-state index contributed by atoms with van der Waals surface area (Å²) in [4.78, 5) is 24.3. The molecule has 2 aromatic rings. The van der Waals surface area contributed by atoms with Crippen LogP contribution in [0.3, 0.4) is 0 Å². The molecular weight excluding hydrogens is 350 g/mol. The third-order valence-electron chi connectivity index (χ3n) is 3.32. The molecule has 1 amide bonds. The van der Waals surface area contributed by atoms with Gasteiger partial charge in [0.2, 0.25) is 0 Å². The first-order valence-corrected chi connectivity index (χ1v) is 7.47. The van der Waals surface area contributed by atoms with Gasteiger partial charge in [0.15, 0.2) is 0 Å². The van der Waals surface area contributed by atoms with Gasteiger partial charge < -0.3 is 10.0 Å². The van der Waals surface area contributed by atoms with E-state index in [0.29, 0.717) is 5.56 Å². The number of aromatic nitrogens is 2. The third kappa shape index (κ3) is 3.54. The zero-order chi connectivity index (χ0) is 16.3. The zero-order valence-corrected chi connectivity index (χ0v) is 13.9. The van der Waals surface area contributed by atoms with Gasteiger partial charge in [-0.05, 0) is 31.2 Å². The van der Waals surface area contributed by atoms with E-state index in [1.54, 1.807) is 11.7 Å². The van der Waals surface area contributed by atoms with E-state index in [1.807, 2.05) is 31.2 Å². The van der Waals surface area contributed by atoms with Crippen molar-refractivity contribution in [2.24, 2.45) is 0 Å². The number of carboxylic acid groups (broad SMARTS) is 1. The summed E-state index contributed by atoms with van der Waals surface area (Å²) in [7, 11) is 1.59. The molecule has 7 heteroatoms. The molecule has 0 aliphatic heterocycles. The Labute approximate surface area is 136 Å². The molecule has 0 bridgehead atoms. The van der Waals surface area contributed by atoms with Crippen LogP contribution in [0.2, 0.25) is 0 Å². The van der Waals surface area contributed by atoms with Crippen LogP contribution in [0.1, 0.15) is 22.5 Å². The number of nitrogens with zero attached hydrogens (tertiary/aromatic N) is 3. The first-order chi connectivity index (χ1) is 10.4. The van der Waals surface area contributed by atoms with Crippen LogP contribution in [0.25, 0.3) is 5.69 Å². The van der Waals surface area contributed by atoms with Gasteiger partial charge in [0.05, 0.1) is 29.6 Å². The zero-order valence-electron chi connectivity index (χ0n) is 12.3. The molecule has 0 radical (unpaired) electrons. The molecule has 2 rings (SSSR count). The molecule has 116 valence electrons. The van der Waals surface area contributed by atoms with E-state index >= 15 is 0 Å². The number of carbonyl (C=O) groups is 2. The lowest BCUT2D eigenvalue weighted by molar-refractivity contribution is -0.137. The van der Waals surface area contributed by atoms with Gasteiger partial charge in [-0.2, -0.15) is 5.10 Å². The van der Waals surface area contributed by atoms with Crippen molar-refractivity contribution in [3.63, 3.8) is 0 Å². The minimum atomic E-state index is -0.929. The Hall–Kier alpha value is -2.15. The van der Waals surface area contributed by atoms with Crippen molar-refractivity contribution >= 4 is 27.8 Å². The van der Waals surface area contributed by atoms with Crippen molar-refractivity contribution in [1.82, 2.24) is 14.7 Å². The maximum atomic E-state index is 12.3. The van der Waals surface area contributed by atoms with Crippen LogP contribution in [0, 0.1) is 6.92 Å². The van der Waals surface area contributed by atoms with E-state index in [-0.39, 0.29) is 18.9 Å². The summed E-state index contributed by atoms with van der Waals surface area (Å²) in [5, 5.41) is 12.9. The van der Waals surface area contributed by atoms with Crippen LogP contribution < -0.4 is 0 Å². The number of benzene rings is 1. The highest BCUT2D eigenvalue weighted by Gasteiger charge is 2.19. The van der Waals surface area contributed by atoms with Gasteiger partial charge >= 0.3 is 5.97 Å². The molecule has 0 saturated heterocycles. The quantitative estimate of drug-likeness (QED) is 0.882. The molecule has 0 aliphatic rings. The maximum Gasteiger partial charge on any atom is 0.305 e. The second kappa shape index (κ2) is 6.74. The molecule has 0 atom stereocenters. The Morgan fingerprint density at radius 3 is 2.55 bits per heavy atom. The average Bonchev–Trinajstić information content (AvgIpc) is 2.86. The number of hydrogen-bond acceptors (Lipinski definition) is 3. The number of amides is 1. The van der Waals surface area contributed by atoms with E-state index in [4.69, 9.17) is 5.11 Å². The summed E-state index contributed by atoms with van der Waals surface area (Å²) < 4.78 is 2.65. The number of carboxylic acids is 1. The highest BCUT2D eigenvalue weighted by atomic mass is 79.9. The lowest BCUT2D eigenvalue weighted by Gasteiger charge is -2.15. The second-order valence-corrected chi connectivity index (χ2v) is 5.82. The molecule has 1 heterocycles. The standard InChI is InChI=1S/C15H16BrN3O3/c1-10-13(15(22)18(2)8-7-14(20)21)9-17-19(10)12-5-3-11(16)4-6-12/h3-6,9H,7-8H2,1-2H3,(H,20,21). The van der Waals surface area contributed by atoms with Crippen molar-refractivity contribution in [3.05, 3.63) is 46.2 Å². The Morgan fingerprint density at radius 1 is 1.32 bits per heavy atom. The second-order valence-electron chi connectivity index (χ2n) is 4.90. The summed E-state index contributed by atoms with van der Waals surface area (Å²) in [6, 6.07) is 7.59. The topological polar surface area (TPSA) is 75.4 Å². The van der Waals surface area contributed by atoms with E-state index in [2.05, 4.69) is 21.0 Å². The molecule has 22 heavy (non-hydrogen) atoms. The summed E-state index contributed by atoms with van der Waals surface area (Å²) in [6.45, 7) is 1.98. The lowest BCUT2D eigenvalue weighted by Crippen LogP contribution is -2.29. The average molecular weight is 366 g/mol. The molecule has 6 nitrogen and oxygen atoms in total. The van der Waals surface area contributed by atoms with Crippen LogP contribution in [0.4, 0.5) is 0 Å². The SMILES string of the molecule is Cc1c(C(=O)N(C)CCC(=O)O)cnn1-c1ccc(Br)cc1. The summed E-state index contributed by atoms with van der Waals surface area (Å²) in [6.07, 6.45) is 1.43. The van der Waals surface area contributed by atoms with Gasteiger partial charge in [0.1, 0.15) is 0 Å². The van der Waals surface area contributed by atoms with Crippen molar-refractivity contribution in [3.8, 4) is 5.69 Å². The highest BCUT2D eigenvalue weighted by molar-refractivity contribution is 9.10. The van der Waals surface area contributed by atoms with Crippen LogP contribution in [-0.4, -0.2) is 45.3 Å². The minimum absolute atomic E-state index is 0.0812. The number of rotatable bonds is 5. The van der Waals surface area contributed by atoms with Crippen LogP contribution >= 0.6 is 15.9 Å². The van der Waals surface area contributed by atoms with E-state index in [1.165, 1.54) is 11.1 Å². The van der Waals surface area contributed by atoms with Crippen molar-refractivity contribution in [2.45, 2.75) is 13.3 Å². The summed E-state index contributed by atoms with van der Waals surface area (Å²) in [5.41, 5.74) is 2.04. The molecule has 0 saturated carbocycles. The lowest BCUT2D eigenvalue weighted by atomic mass is 10.2. The van der Waals surface area contributed by atoms with Gasteiger partial charge in [-0.1, -0.05) is 15.9 Å². The predicted octanol–water partition coefficient (Wildman–Crippen LogP) is 2.49. The molecule has 0 fully saturated rings. The Balaban J connectivity index is 2.21. The number of hydrogen-bond donors (Lipinski definition) is 1. The largest absolute Gasteiger partial charge is 0.481 e. The smallest absolute Gasteiger partial charge is 0.305 e. The predicted molar refractivity (Wildman–Crippen MR) is 85.2 cm³/mol.